The monoisotopic (exact) mass is 466 g/mol. The number of phenolic OH excluding ortho intramolecular Hbond substituents is 1. The number of aromatic hydroxyl groups is 1. The van der Waals surface area contributed by atoms with Crippen molar-refractivity contribution >= 4 is 0 Å². The van der Waals surface area contributed by atoms with Crippen LogP contribution in [0.3, 0.4) is 0 Å². The molecule has 4 atom stereocenters. The Kier molecular flexibility index (Phi) is 6.63. The summed E-state index contributed by atoms with van der Waals surface area (Å²) in [5.74, 6) is 3.76. The summed E-state index contributed by atoms with van der Waals surface area (Å²) in [6.07, 6.45) is 5.46. The number of nitrogens with one attached hydrogen (secondary N) is 1. The molecule has 2 aromatic carbocycles. The minimum absolute atomic E-state index is 0.241. The predicted octanol–water partition coefficient (Wildman–Crippen LogP) is 4.64. The highest BCUT2D eigenvalue weighted by Gasteiger charge is 2.40. The van der Waals surface area contributed by atoms with Gasteiger partial charge >= 0.3 is 0 Å². The minimum Gasteiger partial charge on any atom is -0.504 e. The van der Waals surface area contributed by atoms with E-state index < -0.39 is 0 Å². The Balaban J connectivity index is 1.43. The molecule has 0 spiro atoms. The Hall–Kier alpha value is -2.44. The van der Waals surface area contributed by atoms with Crippen LogP contribution in [0.5, 0.6) is 23.0 Å². The average molecular weight is 467 g/mol. The number of hydrogen-bond donors (Lipinski definition) is 2. The van der Waals surface area contributed by atoms with E-state index in [0.717, 1.165) is 56.8 Å². The second-order valence-corrected chi connectivity index (χ2v) is 10.0. The minimum atomic E-state index is 0.241. The molecule has 2 aromatic rings. The molecular weight excluding hydrogens is 428 g/mol. The lowest BCUT2D eigenvalue weighted by molar-refractivity contribution is 0.0434. The number of piperidine rings is 1. The molecule has 5 rings (SSSR count). The first-order chi connectivity index (χ1) is 16.6. The highest BCUT2D eigenvalue weighted by atomic mass is 16.5. The van der Waals surface area contributed by atoms with E-state index in [9.17, 15) is 5.11 Å². The molecule has 3 aliphatic heterocycles. The van der Waals surface area contributed by atoms with Crippen LogP contribution in [0.4, 0.5) is 0 Å². The van der Waals surface area contributed by atoms with Crippen LogP contribution >= 0.6 is 0 Å². The van der Waals surface area contributed by atoms with Gasteiger partial charge in [0.15, 0.2) is 23.0 Å². The van der Waals surface area contributed by atoms with Crippen molar-refractivity contribution in [3.8, 4) is 23.0 Å². The molecule has 0 saturated carbocycles. The summed E-state index contributed by atoms with van der Waals surface area (Å²) in [7, 11) is 5.06. The van der Waals surface area contributed by atoms with E-state index in [0.29, 0.717) is 23.6 Å². The second kappa shape index (κ2) is 9.67. The van der Waals surface area contributed by atoms with Crippen LogP contribution in [0, 0.1) is 11.8 Å². The van der Waals surface area contributed by atoms with Crippen LogP contribution in [0.15, 0.2) is 24.3 Å². The number of phenols is 1. The van der Waals surface area contributed by atoms with Crippen molar-refractivity contribution < 1.29 is 19.3 Å². The quantitative estimate of drug-likeness (QED) is 0.647. The van der Waals surface area contributed by atoms with Gasteiger partial charge in [-0.15, -0.1) is 0 Å². The predicted molar refractivity (Wildman–Crippen MR) is 133 cm³/mol. The van der Waals surface area contributed by atoms with Gasteiger partial charge in [-0.2, -0.15) is 0 Å². The molecule has 6 nitrogen and oxygen atoms in total. The van der Waals surface area contributed by atoms with E-state index in [4.69, 9.17) is 14.2 Å². The Morgan fingerprint density at radius 1 is 0.912 bits per heavy atom. The molecule has 1 saturated heterocycles. The maximum absolute atomic E-state index is 10.3. The molecule has 3 heterocycles. The van der Waals surface area contributed by atoms with E-state index in [1.165, 1.54) is 28.7 Å². The summed E-state index contributed by atoms with van der Waals surface area (Å²) in [5.41, 5.74) is 5.34. The third-order valence-electron chi connectivity index (χ3n) is 8.44. The molecule has 6 heteroatoms. The van der Waals surface area contributed by atoms with Gasteiger partial charge in [-0.25, -0.2) is 0 Å². The fourth-order valence-electron chi connectivity index (χ4n) is 6.59. The zero-order valence-electron chi connectivity index (χ0n) is 20.9. The lowest BCUT2D eigenvalue weighted by Gasteiger charge is -2.48. The Morgan fingerprint density at radius 2 is 1.62 bits per heavy atom. The summed E-state index contributed by atoms with van der Waals surface area (Å²) in [4.78, 5) is 2.70. The van der Waals surface area contributed by atoms with Gasteiger partial charge in [-0.3, -0.25) is 4.90 Å². The number of hydrogen-bond acceptors (Lipinski definition) is 6. The number of methoxy groups -OCH3 is 3. The van der Waals surface area contributed by atoms with Gasteiger partial charge in [0.2, 0.25) is 0 Å². The first kappa shape index (κ1) is 23.3. The molecule has 3 aliphatic rings. The third-order valence-corrected chi connectivity index (χ3v) is 8.44. The van der Waals surface area contributed by atoms with Crippen LogP contribution in [-0.2, 0) is 12.8 Å². The molecule has 0 bridgehead atoms. The van der Waals surface area contributed by atoms with Crippen molar-refractivity contribution in [2.24, 2.45) is 11.8 Å². The first-order valence-corrected chi connectivity index (χ1v) is 12.7. The average Bonchev–Trinajstić information content (AvgIpc) is 2.87. The molecular formula is C28H38N2O4. The molecule has 1 unspecified atom stereocenters. The van der Waals surface area contributed by atoms with Crippen molar-refractivity contribution in [3.63, 3.8) is 0 Å². The normalized spacial score (nSPS) is 26.2. The highest BCUT2D eigenvalue weighted by molar-refractivity contribution is 5.50. The molecule has 2 N–H and O–H groups in total. The van der Waals surface area contributed by atoms with Crippen molar-refractivity contribution in [1.29, 1.82) is 0 Å². The smallest absolute Gasteiger partial charge is 0.161 e. The Labute approximate surface area is 203 Å². The van der Waals surface area contributed by atoms with Crippen LogP contribution in [0.25, 0.3) is 0 Å². The standard InChI is InChI=1S/C28H38N2O4/c1-5-17-16-30-9-7-19-13-27(33-3)28(34-4)15-22(19)24(30)11-20(17)10-23-21-14-26(32-2)25(31)12-18(21)6-8-29-23/h12-15,17,20,23-24,29,31H,5-11,16H2,1-4H3/t17-,20?,23+,24-/m0/s1. The zero-order chi connectivity index (χ0) is 23.8. The van der Waals surface area contributed by atoms with Crippen molar-refractivity contribution in [2.75, 3.05) is 41.0 Å². The topological polar surface area (TPSA) is 63.2 Å². The van der Waals surface area contributed by atoms with Crippen molar-refractivity contribution in [2.45, 2.75) is 51.1 Å². The number of rotatable bonds is 6. The summed E-state index contributed by atoms with van der Waals surface area (Å²) < 4.78 is 16.7. The van der Waals surface area contributed by atoms with E-state index in [-0.39, 0.29) is 11.8 Å². The van der Waals surface area contributed by atoms with Crippen LogP contribution in [0.1, 0.15) is 60.5 Å². The largest absolute Gasteiger partial charge is 0.504 e. The van der Waals surface area contributed by atoms with Gasteiger partial charge < -0.3 is 24.6 Å². The SMILES string of the molecule is CC[C@H]1CN2CCc3cc(OC)c(OC)cc3[C@@H]2CC1C[C@H]1NCCc2cc(O)c(OC)cc21. The van der Waals surface area contributed by atoms with E-state index >= 15 is 0 Å². The lowest BCUT2D eigenvalue weighted by atomic mass is 9.72. The van der Waals surface area contributed by atoms with E-state index in [1.807, 2.05) is 12.1 Å². The van der Waals surface area contributed by atoms with E-state index in [2.05, 4.69) is 29.3 Å². The van der Waals surface area contributed by atoms with Crippen LogP contribution < -0.4 is 19.5 Å². The number of fused-ring (bicyclic) bond motifs is 4. The molecule has 184 valence electrons. The van der Waals surface area contributed by atoms with Gasteiger partial charge in [0.05, 0.1) is 21.3 Å². The summed E-state index contributed by atoms with van der Waals surface area (Å²) in [6, 6.07) is 9.06. The zero-order valence-corrected chi connectivity index (χ0v) is 20.9. The van der Waals surface area contributed by atoms with Gasteiger partial charge in [0.1, 0.15) is 0 Å². The molecule has 0 radical (unpaired) electrons. The van der Waals surface area contributed by atoms with Gasteiger partial charge in [-0.05, 0) is 90.6 Å². The molecule has 0 aromatic heterocycles. The van der Waals surface area contributed by atoms with E-state index in [1.54, 1.807) is 21.3 Å². The Bertz CT molecular complexity index is 1040. The number of benzene rings is 2. The highest BCUT2D eigenvalue weighted by Crippen LogP contribution is 2.47. The Morgan fingerprint density at radius 3 is 2.35 bits per heavy atom. The molecule has 1 fully saturated rings. The summed E-state index contributed by atoms with van der Waals surface area (Å²) in [6.45, 7) is 5.55. The van der Waals surface area contributed by atoms with Crippen LogP contribution in [0.2, 0.25) is 0 Å². The van der Waals surface area contributed by atoms with Gasteiger partial charge in [-0.1, -0.05) is 13.3 Å². The van der Waals surface area contributed by atoms with Crippen LogP contribution in [-0.4, -0.2) is 51.0 Å². The third kappa shape index (κ3) is 4.11. The second-order valence-electron chi connectivity index (χ2n) is 10.0. The maximum atomic E-state index is 10.3. The summed E-state index contributed by atoms with van der Waals surface area (Å²) in [5, 5.41) is 14.1. The fourth-order valence-corrected chi connectivity index (χ4v) is 6.59. The molecule has 34 heavy (non-hydrogen) atoms. The maximum Gasteiger partial charge on any atom is 0.161 e. The van der Waals surface area contributed by atoms with Gasteiger partial charge in [0, 0.05) is 25.2 Å². The number of ether oxygens (including phenoxy) is 3. The van der Waals surface area contributed by atoms with Crippen molar-refractivity contribution in [3.05, 3.63) is 46.5 Å². The first-order valence-electron chi connectivity index (χ1n) is 12.7. The summed E-state index contributed by atoms with van der Waals surface area (Å²) >= 11 is 0. The fraction of sp³-hybridized carbons (Fsp3) is 0.571. The molecule has 0 amide bonds. The van der Waals surface area contributed by atoms with Crippen molar-refractivity contribution in [1.82, 2.24) is 10.2 Å². The number of nitrogens with zero attached hydrogens (tertiary/aromatic N) is 1. The van der Waals surface area contributed by atoms with Gasteiger partial charge in [0.25, 0.3) is 0 Å². The lowest BCUT2D eigenvalue weighted by Crippen LogP contribution is -2.46. The molecule has 0 aliphatic carbocycles.